The Labute approximate surface area is 151 Å². The molecule has 1 heterocycles. The molecule has 0 aliphatic carbocycles. The standard InChI is InChI=1S/C20H18ClN3O/c1-14-6-2-3-7-15(14)12-23-20(25)19-11-10-16(13-22-19)24-18-9-5-4-8-17(18)21/h2-11,13,24H,12H2,1H3,(H,23,25). The Morgan fingerprint density at radius 1 is 1.04 bits per heavy atom. The zero-order valence-electron chi connectivity index (χ0n) is 13.8. The molecule has 1 amide bonds. The molecule has 0 spiro atoms. The van der Waals surface area contributed by atoms with Gasteiger partial charge in [-0.2, -0.15) is 0 Å². The molecule has 3 rings (SSSR count). The van der Waals surface area contributed by atoms with Crippen LogP contribution in [0.4, 0.5) is 11.4 Å². The Morgan fingerprint density at radius 3 is 2.52 bits per heavy atom. The Kier molecular flexibility index (Phi) is 5.31. The number of pyridine rings is 1. The van der Waals surface area contributed by atoms with Crippen LogP contribution in [0.5, 0.6) is 0 Å². The lowest BCUT2D eigenvalue weighted by atomic mass is 10.1. The van der Waals surface area contributed by atoms with Gasteiger partial charge < -0.3 is 10.6 Å². The molecule has 0 bridgehead atoms. The van der Waals surface area contributed by atoms with Crippen LogP contribution in [0, 0.1) is 6.92 Å². The van der Waals surface area contributed by atoms with Crippen molar-refractivity contribution in [3.05, 3.63) is 88.7 Å². The molecule has 0 atom stereocenters. The van der Waals surface area contributed by atoms with E-state index in [2.05, 4.69) is 15.6 Å². The first-order valence-electron chi connectivity index (χ1n) is 7.94. The summed E-state index contributed by atoms with van der Waals surface area (Å²) < 4.78 is 0. The number of halogens is 1. The third kappa shape index (κ3) is 4.37. The van der Waals surface area contributed by atoms with Gasteiger partial charge in [0.2, 0.25) is 0 Å². The summed E-state index contributed by atoms with van der Waals surface area (Å²) in [4.78, 5) is 16.5. The number of hydrogen-bond acceptors (Lipinski definition) is 3. The van der Waals surface area contributed by atoms with E-state index in [4.69, 9.17) is 11.6 Å². The molecule has 5 heteroatoms. The van der Waals surface area contributed by atoms with Gasteiger partial charge in [-0.3, -0.25) is 4.79 Å². The van der Waals surface area contributed by atoms with Crippen molar-refractivity contribution in [1.82, 2.24) is 10.3 Å². The number of aryl methyl sites for hydroxylation is 1. The number of nitrogens with zero attached hydrogens (tertiary/aromatic N) is 1. The van der Waals surface area contributed by atoms with E-state index >= 15 is 0 Å². The van der Waals surface area contributed by atoms with E-state index in [1.165, 1.54) is 0 Å². The molecule has 4 nitrogen and oxygen atoms in total. The van der Waals surface area contributed by atoms with Crippen LogP contribution in [0.2, 0.25) is 5.02 Å². The number of carbonyl (C=O) groups is 1. The second kappa shape index (κ2) is 7.81. The summed E-state index contributed by atoms with van der Waals surface area (Å²) in [6, 6.07) is 18.9. The highest BCUT2D eigenvalue weighted by Crippen LogP contribution is 2.24. The molecule has 2 aromatic carbocycles. The first-order valence-corrected chi connectivity index (χ1v) is 8.31. The lowest BCUT2D eigenvalue weighted by Gasteiger charge is -2.09. The first kappa shape index (κ1) is 17.0. The second-order valence-electron chi connectivity index (χ2n) is 5.65. The van der Waals surface area contributed by atoms with E-state index in [0.29, 0.717) is 17.3 Å². The maximum absolute atomic E-state index is 12.2. The molecule has 3 aromatic rings. The number of benzene rings is 2. The zero-order valence-corrected chi connectivity index (χ0v) is 14.5. The van der Waals surface area contributed by atoms with Gasteiger partial charge in [0.05, 0.1) is 22.6 Å². The van der Waals surface area contributed by atoms with Crippen molar-refractivity contribution in [2.75, 3.05) is 5.32 Å². The smallest absolute Gasteiger partial charge is 0.270 e. The van der Waals surface area contributed by atoms with Gasteiger partial charge in [-0.1, -0.05) is 48.0 Å². The molecule has 0 aliphatic rings. The van der Waals surface area contributed by atoms with Crippen molar-refractivity contribution >= 4 is 28.9 Å². The molecule has 1 aromatic heterocycles. The van der Waals surface area contributed by atoms with Crippen LogP contribution < -0.4 is 10.6 Å². The van der Waals surface area contributed by atoms with Crippen LogP contribution in [0.25, 0.3) is 0 Å². The van der Waals surface area contributed by atoms with Gasteiger partial charge in [0.1, 0.15) is 5.69 Å². The van der Waals surface area contributed by atoms with Gasteiger partial charge in [0.25, 0.3) is 5.91 Å². The van der Waals surface area contributed by atoms with Crippen LogP contribution in [0.1, 0.15) is 21.6 Å². The Bertz CT molecular complexity index is 878. The average Bonchev–Trinajstić information content (AvgIpc) is 2.63. The van der Waals surface area contributed by atoms with Crippen LogP contribution >= 0.6 is 11.6 Å². The predicted molar refractivity (Wildman–Crippen MR) is 101 cm³/mol. The average molecular weight is 352 g/mol. The number of carbonyl (C=O) groups excluding carboxylic acids is 1. The second-order valence-corrected chi connectivity index (χ2v) is 6.05. The lowest BCUT2D eigenvalue weighted by Crippen LogP contribution is -2.24. The van der Waals surface area contributed by atoms with Crippen molar-refractivity contribution < 1.29 is 4.79 Å². The molecule has 0 saturated heterocycles. The highest BCUT2D eigenvalue weighted by Gasteiger charge is 2.08. The number of hydrogen-bond donors (Lipinski definition) is 2. The molecule has 0 aliphatic heterocycles. The van der Waals surface area contributed by atoms with Gasteiger partial charge in [0.15, 0.2) is 0 Å². The Hall–Kier alpha value is -2.85. The van der Waals surface area contributed by atoms with E-state index in [1.807, 2.05) is 55.5 Å². The highest BCUT2D eigenvalue weighted by atomic mass is 35.5. The quantitative estimate of drug-likeness (QED) is 0.699. The first-order chi connectivity index (χ1) is 12.1. The molecule has 25 heavy (non-hydrogen) atoms. The third-order valence-electron chi connectivity index (χ3n) is 3.85. The Balaban J connectivity index is 1.63. The lowest BCUT2D eigenvalue weighted by molar-refractivity contribution is 0.0946. The molecular formula is C20H18ClN3O. The van der Waals surface area contributed by atoms with Crippen LogP contribution in [-0.4, -0.2) is 10.9 Å². The predicted octanol–water partition coefficient (Wildman–Crippen LogP) is 4.72. The summed E-state index contributed by atoms with van der Waals surface area (Å²) >= 11 is 6.12. The van der Waals surface area contributed by atoms with Crippen LogP contribution in [-0.2, 0) is 6.54 Å². The zero-order chi connectivity index (χ0) is 17.6. The monoisotopic (exact) mass is 351 g/mol. The highest BCUT2D eigenvalue weighted by molar-refractivity contribution is 6.33. The molecule has 0 unspecified atom stereocenters. The number of anilines is 2. The molecular weight excluding hydrogens is 334 g/mol. The molecule has 0 saturated carbocycles. The summed E-state index contributed by atoms with van der Waals surface area (Å²) in [5.74, 6) is -0.201. The molecule has 2 N–H and O–H groups in total. The fraction of sp³-hybridized carbons (Fsp3) is 0.100. The van der Waals surface area contributed by atoms with Crippen LogP contribution in [0.15, 0.2) is 66.9 Å². The number of aromatic nitrogens is 1. The number of rotatable bonds is 5. The minimum Gasteiger partial charge on any atom is -0.353 e. The van der Waals surface area contributed by atoms with Gasteiger partial charge in [-0.25, -0.2) is 4.98 Å². The fourth-order valence-corrected chi connectivity index (χ4v) is 2.58. The summed E-state index contributed by atoms with van der Waals surface area (Å²) in [5.41, 5.74) is 4.17. The number of para-hydroxylation sites is 1. The maximum Gasteiger partial charge on any atom is 0.270 e. The summed E-state index contributed by atoms with van der Waals surface area (Å²) in [6.07, 6.45) is 1.62. The summed E-state index contributed by atoms with van der Waals surface area (Å²) in [6.45, 7) is 2.50. The molecule has 0 fully saturated rings. The van der Waals surface area contributed by atoms with Gasteiger partial charge >= 0.3 is 0 Å². The largest absolute Gasteiger partial charge is 0.353 e. The van der Waals surface area contributed by atoms with Gasteiger partial charge in [-0.15, -0.1) is 0 Å². The molecule has 0 radical (unpaired) electrons. The van der Waals surface area contributed by atoms with E-state index in [0.717, 1.165) is 22.5 Å². The van der Waals surface area contributed by atoms with Crippen molar-refractivity contribution in [2.45, 2.75) is 13.5 Å². The maximum atomic E-state index is 12.2. The Morgan fingerprint density at radius 2 is 1.80 bits per heavy atom. The van der Waals surface area contributed by atoms with E-state index < -0.39 is 0 Å². The summed E-state index contributed by atoms with van der Waals surface area (Å²) in [5, 5.41) is 6.70. The van der Waals surface area contributed by atoms with Gasteiger partial charge in [-0.05, 0) is 42.3 Å². The van der Waals surface area contributed by atoms with Crippen molar-refractivity contribution in [3.8, 4) is 0 Å². The van der Waals surface area contributed by atoms with Crippen LogP contribution in [0.3, 0.4) is 0 Å². The van der Waals surface area contributed by atoms with E-state index in [-0.39, 0.29) is 5.91 Å². The minimum absolute atomic E-state index is 0.201. The van der Waals surface area contributed by atoms with Crippen molar-refractivity contribution in [1.29, 1.82) is 0 Å². The fourth-order valence-electron chi connectivity index (χ4n) is 2.39. The van der Waals surface area contributed by atoms with Gasteiger partial charge in [0, 0.05) is 6.54 Å². The van der Waals surface area contributed by atoms with Crippen molar-refractivity contribution in [2.24, 2.45) is 0 Å². The van der Waals surface area contributed by atoms with E-state index in [1.54, 1.807) is 18.3 Å². The molecule has 126 valence electrons. The normalized spacial score (nSPS) is 10.3. The SMILES string of the molecule is Cc1ccccc1CNC(=O)c1ccc(Nc2ccccc2Cl)cn1. The minimum atomic E-state index is -0.201. The third-order valence-corrected chi connectivity index (χ3v) is 4.18. The summed E-state index contributed by atoms with van der Waals surface area (Å²) in [7, 11) is 0. The van der Waals surface area contributed by atoms with Crippen molar-refractivity contribution in [3.63, 3.8) is 0 Å². The topological polar surface area (TPSA) is 54.0 Å². The van der Waals surface area contributed by atoms with E-state index in [9.17, 15) is 4.79 Å². The number of nitrogens with one attached hydrogen (secondary N) is 2. The number of amides is 1.